The number of hydrogen-bond donors (Lipinski definition) is 2. The molecule has 1 aromatic rings. The van der Waals surface area contributed by atoms with Gasteiger partial charge in [0.15, 0.2) is 0 Å². The van der Waals surface area contributed by atoms with E-state index in [-0.39, 0.29) is 17.5 Å². The molecule has 0 bridgehead atoms. The Morgan fingerprint density at radius 1 is 1.36 bits per heavy atom. The maximum Gasteiger partial charge on any atom is 0.240 e. The van der Waals surface area contributed by atoms with Crippen LogP contribution in [0.5, 0.6) is 0 Å². The van der Waals surface area contributed by atoms with Crippen molar-refractivity contribution >= 4 is 11.6 Å². The molecule has 1 aromatic carbocycles. The molecule has 2 atom stereocenters. The molecule has 2 unspecified atom stereocenters. The lowest BCUT2D eigenvalue weighted by atomic mass is 9.98. The summed E-state index contributed by atoms with van der Waals surface area (Å²) in [6.45, 7) is 4.29. The van der Waals surface area contributed by atoms with Crippen LogP contribution in [0.25, 0.3) is 0 Å². The fourth-order valence-electron chi connectivity index (χ4n) is 3.18. The number of benzene rings is 1. The van der Waals surface area contributed by atoms with Crippen LogP contribution in [0.1, 0.15) is 32.3 Å². The van der Waals surface area contributed by atoms with E-state index in [1.165, 1.54) is 0 Å². The van der Waals surface area contributed by atoms with Gasteiger partial charge < -0.3 is 15.6 Å². The summed E-state index contributed by atoms with van der Waals surface area (Å²) in [6, 6.07) is 9.81. The summed E-state index contributed by atoms with van der Waals surface area (Å²) < 4.78 is 0. The van der Waals surface area contributed by atoms with E-state index in [1.807, 2.05) is 44.4 Å². The van der Waals surface area contributed by atoms with Gasteiger partial charge in [-0.1, -0.05) is 44.2 Å². The minimum atomic E-state index is -0.336. The molecule has 1 fully saturated rings. The van der Waals surface area contributed by atoms with Gasteiger partial charge in [0.2, 0.25) is 5.91 Å². The molecule has 1 saturated carbocycles. The normalized spacial score (nSPS) is 21.8. The van der Waals surface area contributed by atoms with Gasteiger partial charge in [-0.2, -0.15) is 0 Å². The first-order chi connectivity index (χ1) is 10.4. The highest BCUT2D eigenvalue weighted by molar-refractivity contribution is 6.10. The SMILES string of the molecule is CNC(Cc1ccccc1)C(=O)N(C)C1(CC(C)C)CC1=N. The van der Waals surface area contributed by atoms with E-state index in [1.54, 1.807) is 4.90 Å². The van der Waals surface area contributed by atoms with Gasteiger partial charge in [-0.25, -0.2) is 0 Å². The standard InChI is InChI=1S/C18H27N3O/c1-13(2)11-18(12-16(18)19)21(4)17(22)15(20-3)10-14-8-6-5-7-9-14/h5-9,13,15,19-20H,10-12H2,1-4H3. The second-order valence-electron chi connectivity index (χ2n) is 6.71. The van der Waals surface area contributed by atoms with Crippen LogP contribution in [0.4, 0.5) is 0 Å². The summed E-state index contributed by atoms with van der Waals surface area (Å²) in [7, 11) is 3.67. The summed E-state index contributed by atoms with van der Waals surface area (Å²) in [5.41, 5.74) is 1.50. The zero-order chi connectivity index (χ0) is 16.3. The van der Waals surface area contributed by atoms with Crippen LogP contribution in [-0.4, -0.2) is 42.2 Å². The molecule has 1 aliphatic rings. The van der Waals surface area contributed by atoms with E-state index < -0.39 is 0 Å². The van der Waals surface area contributed by atoms with E-state index >= 15 is 0 Å². The fraction of sp³-hybridized carbons (Fsp3) is 0.556. The van der Waals surface area contributed by atoms with Gasteiger partial charge >= 0.3 is 0 Å². The molecule has 22 heavy (non-hydrogen) atoms. The third-order valence-electron chi connectivity index (χ3n) is 4.55. The van der Waals surface area contributed by atoms with Crippen molar-refractivity contribution in [3.05, 3.63) is 35.9 Å². The summed E-state index contributed by atoms with van der Waals surface area (Å²) >= 11 is 0. The molecule has 2 N–H and O–H groups in total. The van der Waals surface area contributed by atoms with Gasteiger partial charge in [0.25, 0.3) is 0 Å². The Hall–Kier alpha value is -1.68. The molecule has 0 saturated heterocycles. The van der Waals surface area contributed by atoms with Gasteiger partial charge in [-0.3, -0.25) is 4.79 Å². The average molecular weight is 301 g/mol. The Bertz CT molecular complexity index is 541. The number of amides is 1. The smallest absolute Gasteiger partial charge is 0.240 e. The topological polar surface area (TPSA) is 56.2 Å². The van der Waals surface area contributed by atoms with Gasteiger partial charge in [0, 0.05) is 19.2 Å². The highest BCUT2D eigenvalue weighted by Crippen LogP contribution is 2.42. The van der Waals surface area contributed by atoms with Gasteiger partial charge in [-0.15, -0.1) is 0 Å². The third kappa shape index (κ3) is 3.38. The number of likely N-dealkylation sites (N-methyl/N-ethyl adjacent to an activating group) is 2. The lowest BCUT2D eigenvalue weighted by Gasteiger charge is -2.32. The minimum Gasteiger partial charge on any atom is -0.333 e. The minimum absolute atomic E-state index is 0.0780. The lowest BCUT2D eigenvalue weighted by Crippen LogP contribution is -2.51. The van der Waals surface area contributed by atoms with Crippen molar-refractivity contribution in [1.82, 2.24) is 10.2 Å². The molecule has 0 aliphatic heterocycles. The van der Waals surface area contributed by atoms with E-state index in [2.05, 4.69) is 19.2 Å². The highest BCUT2D eigenvalue weighted by Gasteiger charge is 2.55. The number of nitrogens with one attached hydrogen (secondary N) is 2. The average Bonchev–Trinajstić information content (AvgIpc) is 3.14. The highest BCUT2D eigenvalue weighted by atomic mass is 16.2. The van der Waals surface area contributed by atoms with E-state index in [9.17, 15) is 4.79 Å². The number of carbonyl (C=O) groups is 1. The largest absolute Gasteiger partial charge is 0.333 e. The third-order valence-corrected chi connectivity index (χ3v) is 4.55. The maximum atomic E-state index is 12.9. The predicted molar refractivity (Wildman–Crippen MR) is 90.3 cm³/mol. The summed E-state index contributed by atoms with van der Waals surface area (Å²) in [5.74, 6) is 0.550. The molecular formula is C18H27N3O. The monoisotopic (exact) mass is 301 g/mol. The zero-order valence-electron chi connectivity index (χ0n) is 14.0. The molecule has 4 nitrogen and oxygen atoms in total. The van der Waals surface area contributed by atoms with Crippen molar-refractivity contribution in [3.8, 4) is 0 Å². The van der Waals surface area contributed by atoms with Gasteiger partial charge in [0.05, 0.1) is 11.6 Å². The van der Waals surface area contributed by atoms with Crippen molar-refractivity contribution in [2.75, 3.05) is 14.1 Å². The molecule has 1 aliphatic carbocycles. The Kier molecular flexibility index (Phi) is 5.01. The summed E-state index contributed by atoms with van der Waals surface area (Å²) in [6.07, 6.45) is 2.26. The first kappa shape index (κ1) is 16.7. The number of nitrogens with zero attached hydrogens (tertiary/aromatic N) is 1. The second-order valence-corrected chi connectivity index (χ2v) is 6.71. The molecular weight excluding hydrogens is 274 g/mol. The van der Waals surface area contributed by atoms with Crippen LogP contribution >= 0.6 is 0 Å². The van der Waals surface area contributed by atoms with Crippen LogP contribution in [0.3, 0.4) is 0 Å². The second kappa shape index (κ2) is 6.61. The summed E-state index contributed by atoms with van der Waals surface area (Å²) in [4.78, 5) is 14.7. The van der Waals surface area contributed by atoms with Crippen LogP contribution in [0, 0.1) is 11.3 Å². The first-order valence-electron chi connectivity index (χ1n) is 7.97. The Labute approximate surface area is 133 Å². The van der Waals surface area contributed by atoms with E-state index in [0.29, 0.717) is 18.1 Å². The van der Waals surface area contributed by atoms with Crippen LogP contribution in [0.2, 0.25) is 0 Å². The molecule has 0 radical (unpaired) electrons. The summed E-state index contributed by atoms with van der Waals surface area (Å²) in [5, 5.41) is 11.2. The molecule has 120 valence electrons. The molecule has 0 spiro atoms. The van der Waals surface area contributed by atoms with Crippen LogP contribution < -0.4 is 5.32 Å². The van der Waals surface area contributed by atoms with Gasteiger partial charge in [-0.05, 0) is 31.4 Å². The Morgan fingerprint density at radius 3 is 2.41 bits per heavy atom. The fourth-order valence-corrected chi connectivity index (χ4v) is 3.18. The van der Waals surface area contributed by atoms with Crippen LogP contribution in [0.15, 0.2) is 30.3 Å². The number of rotatable bonds is 7. The molecule has 4 heteroatoms. The van der Waals surface area contributed by atoms with Crippen molar-refractivity contribution in [1.29, 1.82) is 5.41 Å². The molecule has 2 rings (SSSR count). The Balaban J connectivity index is 2.09. The van der Waals surface area contributed by atoms with Crippen molar-refractivity contribution in [2.24, 2.45) is 5.92 Å². The first-order valence-corrected chi connectivity index (χ1v) is 7.97. The van der Waals surface area contributed by atoms with Crippen molar-refractivity contribution in [3.63, 3.8) is 0 Å². The maximum absolute atomic E-state index is 12.9. The Morgan fingerprint density at radius 2 is 1.95 bits per heavy atom. The molecule has 1 amide bonds. The van der Waals surface area contributed by atoms with Gasteiger partial charge in [0.1, 0.15) is 0 Å². The predicted octanol–water partition coefficient (Wildman–Crippen LogP) is 2.48. The van der Waals surface area contributed by atoms with E-state index in [0.717, 1.165) is 18.4 Å². The zero-order valence-corrected chi connectivity index (χ0v) is 14.0. The quantitative estimate of drug-likeness (QED) is 0.813. The van der Waals surface area contributed by atoms with E-state index in [4.69, 9.17) is 5.41 Å². The number of hydrogen-bond acceptors (Lipinski definition) is 3. The van der Waals surface area contributed by atoms with Crippen LogP contribution in [-0.2, 0) is 11.2 Å². The molecule has 0 heterocycles. The van der Waals surface area contributed by atoms with Crippen molar-refractivity contribution in [2.45, 2.75) is 44.7 Å². The number of carbonyl (C=O) groups excluding carboxylic acids is 1. The molecule has 0 aromatic heterocycles. The lowest BCUT2D eigenvalue weighted by molar-refractivity contribution is -0.134. The van der Waals surface area contributed by atoms with Crippen molar-refractivity contribution < 1.29 is 4.79 Å².